The van der Waals surface area contributed by atoms with Crippen LogP contribution in [0.2, 0.25) is 0 Å². The fourth-order valence-corrected chi connectivity index (χ4v) is 1.43. The van der Waals surface area contributed by atoms with Crippen LogP contribution in [0.15, 0.2) is 24.3 Å². The topological polar surface area (TPSA) is 30.5 Å². The first-order chi connectivity index (χ1) is 9.04. The highest BCUT2D eigenvalue weighted by molar-refractivity contribution is 5.24. The normalized spacial score (nSPS) is 11.8. The van der Waals surface area contributed by atoms with E-state index in [1.165, 1.54) is 12.1 Å². The fourth-order valence-electron chi connectivity index (χ4n) is 1.43. The number of hydrogen-bond donors (Lipinski definition) is 1. The molecule has 0 amide bonds. The molecule has 0 radical (unpaired) electrons. The van der Waals surface area contributed by atoms with Crippen LogP contribution in [0.25, 0.3) is 0 Å². The number of alkyl halides is 3. The Morgan fingerprint density at radius 2 is 1.74 bits per heavy atom. The molecule has 0 aliphatic heterocycles. The van der Waals surface area contributed by atoms with Gasteiger partial charge >= 0.3 is 6.18 Å². The molecular formula is C13H18F3NO2. The molecule has 0 spiro atoms. The average Bonchev–Trinajstić information content (AvgIpc) is 2.37. The van der Waals surface area contributed by atoms with E-state index >= 15 is 0 Å². The molecule has 0 fully saturated rings. The van der Waals surface area contributed by atoms with Crippen LogP contribution >= 0.6 is 0 Å². The van der Waals surface area contributed by atoms with Crippen LogP contribution in [0.4, 0.5) is 13.2 Å². The highest BCUT2D eigenvalue weighted by Crippen LogP contribution is 2.28. The minimum Gasteiger partial charge on any atom is -0.382 e. The Hall–Kier alpha value is -1.11. The van der Waals surface area contributed by atoms with Crippen LogP contribution in [0.5, 0.6) is 0 Å². The maximum atomic E-state index is 12.3. The Morgan fingerprint density at radius 1 is 1.05 bits per heavy atom. The van der Waals surface area contributed by atoms with Gasteiger partial charge in [-0.05, 0) is 17.7 Å². The van der Waals surface area contributed by atoms with Gasteiger partial charge in [-0.2, -0.15) is 13.2 Å². The van der Waals surface area contributed by atoms with E-state index in [2.05, 4.69) is 5.32 Å². The Labute approximate surface area is 110 Å². The van der Waals surface area contributed by atoms with Gasteiger partial charge in [0.15, 0.2) is 0 Å². The van der Waals surface area contributed by atoms with E-state index in [-0.39, 0.29) is 0 Å². The third kappa shape index (κ3) is 6.56. The van der Waals surface area contributed by atoms with Crippen LogP contribution in [0.1, 0.15) is 11.1 Å². The van der Waals surface area contributed by atoms with Gasteiger partial charge in [0.05, 0.1) is 25.4 Å². The maximum Gasteiger partial charge on any atom is 0.416 e. The number of ether oxygens (including phenoxy) is 2. The number of nitrogens with one attached hydrogen (secondary N) is 1. The van der Waals surface area contributed by atoms with Crippen LogP contribution in [0, 0.1) is 0 Å². The van der Waals surface area contributed by atoms with Gasteiger partial charge in [0.2, 0.25) is 0 Å². The predicted molar refractivity (Wildman–Crippen MR) is 65.8 cm³/mol. The summed E-state index contributed by atoms with van der Waals surface area (Å²) in [5.41, 5.74) is 0.184. The number of hydrogen-bond acceptors (Lipinski definition) is 3. The standard InChI is InChI=1S/C13H18F3NO2/c1-18-8-9-19-7-6-17-10-11-2-4-12(5-3-11)13(14,15)16/h2-5,17H,6-10H2,1H3. The average molecular weight is 277 g/mol. The molecule has 1 aromatic rings. The molecule has 1 aromatic carbocycles. The van der Waals surface area contributed by atoms with Crippen molar-refractivity contribution in [2.24, 2.45) is 0 Å². The molecule has 0 aliphatic rings. The minimum atomic E-state index is -4.28. The lowest BCUT2D eigenvalue weighted by atomic mass is 10.1. The molecule has 1 rings (SSSR count). The molecule has 19 heavy (non-hydrogen) atoms. The van der Waals surface area contributed by atoms with Crippen LogP contribution in [-0.4, -0.2) is 33.5 Å². The first-order valence-corrected chi connectivity index (χ1v) is 5.97. The van der Waals surface area contributed by atoms with E-state index < -0.39 is 11.7 Å². The summed E-state index contributed by atoms with van der Waals surface area (Å²) < 4.78 is 47.1. The molecule has 6 heteroatoms. The van der Waals surface area contributed by atoms with Gasteiger partial charge in [-0.25, -0.2) is 0 Å². The first kappa shape index (κ1) is 15.9. The molecule has 0 atom stereocenters. The van der Waals surface area contributed by atoms with Gasteiger partial charge in [0.1, 0.15) is 0 Å². The largest absolute Gasteiger partial charge is 0.416 e. The summed E-state index contributed by atoms with van der Waals surface area (Å²) >= 11 is 0. The van der Waals surface area contributed by atoms with Crippen molar-refractivity contribution in [3.63, 3.8) is 0 Å². The lowest BCUT2D eigenvalue weighted by Gasteiger charge is -2.08. The summed E-state index contributed by atoms with van der Waals surface area (Å²) in [6.45, 7) is 2.80. The zero-order valence-electron chi connectivity index (χ0n) is 10.8. The lowest BCUT2D eigenvalue weighted by molar-refractivity contribution is -0.137. The van der Waals surface area contributed by atoms with Crippen molar-refractivity contribution in [1.82, 2.24) is 5.32 Å². The fraction of sp³-hybridized carbons (Fsp3) is 0.538. The molecule has 0 saturated heterocycles. The van der Waals surface area contributed by atoms with E-state index in [1.54, 1.807) is 7.11 Å². The molecule has 3 nitrogen and oxygen atoms in total. The first-order valence-electron chi connectivity index (χ1n) is 5.97. The van der Waals surface area contributed by atoms with Crippen molar-refractivity contribution in [3.05, 3.63) is 35.4 Å². The summed E-state index contributed by atoms with van der Waals surface area (Å²) in [5.74, 6) is 0. The van der Waals surface area contributed by atoms with Crippen molar-refractivity contribution in [3.8, 4) is 0 Å². The van der Waals surface area contributed by atoms with Gasteiger partial charge in [0.25, 0.3) is 0 Å². The van der Waals surface area contributed by atoms with Crippen molar-refractivity contribution in [2.45, 2.75) is 12.7 Å². The molecule has 1 N–H and O–H groups in total. The van der Waals surface area contributed by atoms with Crippen LogP contribution in [0.3, 0.4) is 0 Å². The van der Waals surface area contributed by atoms with E-state index in [4.69, 9.17) is 9.47 Å². The van der Waals surface area contributed by atoms with Crippen LogP contribution < -0.4 is 5.32 Å². The number of rotatable bonds is 8. The van der Waals surface area contributed by atoms with E-state index in [0.717, 1.165) is 17.7 Å². The van der Waals surface area contributed by atoms with E-state index in [9.17, 15) is 13.2 Å². The molecular weight excluding hydrogens is 259 g/mol. The molecule has 0 aromatic heterocycles. The van der Waals surface area contributed by atoms with Crippen LogP contribution in [-0.2, 0) is 22.2 Å². The third-order valence-corrected chi connectivity index (χ3v) is 2.47. The second kappa shape index (κ2) is 8.14. The molecule has 0 unspecified atom stereocenters. The summed E-state index contributed by atoms with van der Waals surface area (Å²) in [5, 5.41) is 3.09. The maximum absolute atomic E-state index is 12.3. The van der Waals surface area contributed by atoms with Crippen molar-refractivity contribution >= 4 is 0 Å². The highest BCUT2D eigenvalue weighted by atomic mass is 19.4. The summed E-state index contributed by atoms with van der Waals surface area (Å²) in [6, 6.07) is 5.13. The SMILES string of the molecule is COCCOCCNCc1ccc(C(F)(F)F)cc1. The van der Waals surface area contributed by atoms with Crippen molar-refractivity contribution in [1.29, 1.82) is 0 Å². The smallest absolute Gasteiger partial charge is 0.382 e. The zero-order valence-corrected chi connectivity index (χ0v) is 10.8. The van der Waals surface area contributed by atoms with Gasteiger partial charge in [0, 0.05) is 20.2 Å². The number of halogens is 3. The van der Waals surface area contributed by atoms with Crippen molar-refractivity contribution in [2.75, 3.05) is 33.5 Å². The molecule has 0 bridgehead atoms. The quantitative estimate of drug-likeness (QED) is 0.740. The van der Waals surface area contributed by atoms with Gasteiger partial charge in [-0.1, -0.05) is 12.1 Å². The predicted octanol–water partition coefficient (Wildman–Crippen LogP) is 2.46. The number of benzene rings is 1. The molecule has 0 saturated carbocycles. The van der Waals surface area contributed by atoms with Gasteiger partial charge in [-0.15, -0.1) is 0 Å². The Kier molecular flexibility index (Phi) is 6.83. The summed E-state index contributed by atoms with van der Waals surface area (Å²) in [7, 11) is 1.60. The molecule has 0 aliphatic carbocycles. The Morgan fingerprint density at radius 3 is 2.32 bits per heavy atom. The molecule has 108 valence electrons. The van der Waals surface area contributed by atoms with E-state index in [1.807, 2.05) is 0 Å². The molecule has 0 heterocycles. The second-order valence-corrected chi connectivity index (χ2v) is 3.98. The number of methoxy groups -OCH3 is 1. The Balaban J connectivity index is 2.20. The lowest BCUT2D eigenvalue weighted by Crippen LogP contribution is -2.20. The second-order valence-electron chi connectivity index (χ2n) is 3.98. The van der Waals surface area contributed by atoms with E-state index in [0.29, 0.717) is 32.9 Å². The van der Waals surface area contributed by atoms with Crippen molar-refractivity contribution < 1.29 is 22.6 Å². The monoisotopic (exact) mass is 277 g/mol. The highest BCUT2D eigenvalue weighted by Gasteiger charge is 2.29. The zero-order chi connectivity index (χ0) is 14.1. The third-order valence-electron chi connectivity index (χ3n) is 2.47. The summed E-state index contributed by atoms with van der Waals surface area (Å²) in [4.78, 5) is 0. The minimum absolute atomic E-state index is 0.520. The van der Waals surface area contributed by atoms with Gasteiger partial charge < -0.3 is 14.8 Å². The Bertz CT molecular complexity index is 352. The van der Waals surface area contributed by atoms with Gasteiger partial charge in [-0.3, -0.25) is 0 Å². The summed E-state index contributed by atoms with van der Waals surface area (Å²) in [6.07, 6.45) is -4.28.